The van der Waals surface area contributed by atoms with Crippen molar-refractivity contribution in [2.75, 3.05) is 51.2 Å². The molecule has 1 amide bonds. The minimum absolute atomic E-state index is 0.0856. The standard InChI is InChI=1S/C17H23Cl2N3O2/c18-14-4-1-5-15(19)17(14)20-16(23)12-22-8-6-21(7-9-22)11-13-3-2-10-24-13/h1,4-5,13H,2-3,6-12H2,(H,20,23). The fraction of sp³-hybridized carbons (Fsp3) is 0.588. The summed E-state index contributed by atoms with van der Waals surface area (Å²) in [5.41, 5.74) is 0.489. The van der Waals surface area contributed by atoms with Crippen LogP contribution in [0.4, 0.5) is 5.69 Å². The second-order valence-corrected chi connectivity index (χ2v) is 7.17. The third-order valence-electron chi connectivity index (χ3n) is 4.55. The molecule has 1 unspecified atom stereocenters. The summed E-state index contributed by atoms with van der Waals surface area (Å²) in [6.07, 6.45) is 2.73. The van der Waals surface area contributed by atoms with Crippen LogP contribution in [-0.2, 0) is 9.53 Å². The Balaban J connectivity index is 1.43. The van der Waals surface area contributed by atoms with Gasteiger partial charge in [-0.05, 0) is 25.0 Å². The Labute approximate surface area is 152 Å². The lowest BCUT2D eigenvalue weighted by atomic mass is 10.2. The smallest absolute Gasteiger partial charge is 0.238 e. The first-order chi connectivity index (χ1) is 11.6. The van der Waals surface area contributed by atoms with Gasteiger partial charge in [0.15, 0.2) is 0 Å². The number of nitrogens with zero attached hydrogens (tertiary/aromatic N) is 2. The van der Waals surface area contributed by atoms with Crippen molar-refractivity contribution < 1.29 is 9.53 Å². The summed E-state index contributed by atoms with van der Waals surface area (Å²) < 4.78 is 5.69. The van der Waals surface area contributed by atoms with Crippen LogP contribution < -0.4 is 5.32 Å². The first-order valence-electron chi connectivity index (χ1n) is 8.42. The molecule has 2 saturated heterocycles. The summed E-state index contributed by atoms with van der Waals surface area (Å²) in [5.74, 6) is -0.0856. The zero-order chi connectivity index (χ0) is 16.9. The van der Waals surface area contributed by atoms with Crippen molar-refractivity contribution in [2.24, 2.45) is 0 Å². The predicted molar refractivity (Wildman–Crippen MR) is 96.9 cm³/mol. The van der Waals surface area contributed by atoms with Crippen molar-refractivity contribution in [3.63, 3.8) is 0 Å². The summed E-state index contributed by atoms with van der Waals surface area (Å²) >= 11 is 12.2. The summed E-state index contributed by atoms with van der Waals surface area (Å²) in [4.78, 5) is 16.8. The van der Waals surface area contributed by atoms with Gasteiger partial charge >= 0.3 is 0 Å². The summed E-state index contributed by atoms with van der Waals surface area (Å²) in [5, 5.41) is 3.73. The Morgan fingerprint density at radius 3 is 2.46 bits per heavy atom. The average molecular weight is 372 g/mol. The molecule has 1 N–H and O–H groups in total. The van der Waals surface area contributed by atoms with Gasteiger partial charge in [-0.2, -0.15) is 0 Å². The van der Waals surface area contributed by atoms with Gasteiger partial charge in [0.1, 0.15) is 0 Å². The molecule has 132 valence electrons. The Bertz CT molecular complexity index is 551. The van der Waals surface area contributed by atoms with Crippen molar-refractivity contribution in [1.29, 1.82) is 0 Å². The van der Waals surface area contributed by atoms with Crippen molar-refractivity contribution in [3.8, 4) is 0 Å². The number of para-hydroxylation sites is 1. The van der Waals surface area contributed by atoms with E-state index in [4.69, 9.17) is 27.9 Å². The lowest BCUT2D eigenvalue weighted by Crippen LogP contribution is -2.50. The number of carbonyl (C=O) groups is 1. The van der Waals surface area contributed by atoms with Gasteiger partial charge in [0.2, 0.25) is 5.91 Å². The zero-order valence-electron chi connectivity index (χ0n) is 13.6. The molecule has 0 saturated carbocycles. The highest BCUT2D eigenvalue weighted by Gasteiger charge is 2.23. The number of carbonyl (C=O) groups excluding carboxylic acids is 1. The minimum Gasteiger partial charge on any atom is -0.377 e. The van der Waals surface area contributed by atoms with E-state index < -0.39 is 0 Å². The highest BCUT2D eigenvalue weighted by molar-refractivity contribution is 6.39. The number of hydrogen-bond acceptors (Lipinski definition) is 4. The van der Waals surface area contributed by atoms with Crippen LogP contribution in [0.3, 0.4) is 0 Å². The van der Waals surface area contributed by atoms with Gasteiger partial charge in [-0.3, -0.25) is 14.6 Å². The molecule has 2 fully saturated rings. The molecule has 7 heteroatoms. The quantitative estimate of drug-likeness (QED) is 0.864. The average Bonchev–Trinajstić information content (AvgIpc) is 3.06. The van der Waals surface area contributed by atoms with E-state index in [1.165, 1.54) is 12.8 Å². The Kier molecular flexibility index (Phi) is 6.36. The Hall–Kier alpha value is -0.850. The number of halogens is 2. The van der Waals surface area contributed by atoms with Gasteiger partial charge in [0.25, 0.3) is 0 Å². The molecule has 1 aromatic rings. The molecule has 2 heterocycles. The van der Waals surface area contributed by atoms with Gasteiger partial charge < -0.3 is 10.1 Å². The van der Waals surface area contributed by atoms with Gasteiger partial charge in [-0.25, -0.2) is 0 Å². The predicted octanol–water partition coefficient (Wildman–Crippen LogP) is 2.73. The van der Waals surface area contributed by atoms with Crippen molar-refractivity contribution in [2.45, 2.75) is 18.9 Å². The van der Waals surface area contributed by atoms with Crippen molar-refractivity contribution in [1.82, 2.24) is 9.80 Å². The molecule has 1 aromatic carbocycles. The molecular weight excluding hydrogens is 349 g/mol. The number of nitrogens with one attached hydrogen (secondary N) is 1. The summed E-state index contributed by atoms with van der Waals surface area (Å²) in [7, 11) is 0. The van der Waals surface area contributed by atoms with Crippen LogP contribution in [0.5, 0.6) is 0 Å². The normalized spacial score (nSPS) is 22.7. The molecule has 2 aliphatic heterocycles. The van der Waals surface area contributed by atoms with Crippen LogP contribution >= 0.6 is 23.2 Å². The Morgan fingerprint density at radius 1 is 1.17 bits per heavy atom. The van der Waals surface area contributed by atoms with Gasteiger partial charge in [-0.1, -0.05) is 29.3 Å². The largest absolute Gasteiger partial charge is 0.377 e. The third-order valence-corrected chi connectivity index (χ3v) is 5.18. The van der Waals surface area contributed by atoms with E-state index in [1.807, 2.05) is 0 Å². The number of amides is 1. The lowest BCUT2D eigenvalue weighted by molar-refractivity contribution is -0.117. The molecule has 0 aliphatic carbocycles. The summed E-state index contributed by atoms with van der Waals surface area (Å²) in [6, 6.07) is 5.19. The number of anilines is 1. The van der Waals surface area contributed by atoms with E-state index in [2.05, 4.69) is 15.1 Å². The topological polar surface area (TPSA) is 44.8 Å². The third kappa shape index (κ3) is 4.83. The van der Waals surface area contributed by atoms with Crippen LogP contribution in [0.15, 0.2) is 18.2 Å². The number of piperazine rings is 1. The molecule has 0 radical (unpaired) electrons. The second-order valence-electron chi connectivity index (χ2n) is 6.36. The molecule has 0 bridgehead atoms. The molecular formula is C17H23Cl2N3O2. The fourth-order valence-electron chi connectivity index (χ4n) is 3.21. The highest BCUT2D eigenvalue weighted by Crippen LogP contribution is 2.29. The molecule has 2 aliphatic rings. The van der Waals surface area contributed by atoms with Crippen LogP contribution in [0.25, 0.3) is 0 Å². The molecule has 5 nitrogen and oxygen atoms in total. The number of benzene rings is 1. The van der Waals surface area contributed by atoms with E-state index >= 15 is 0 Å². The summed E-state index contributed by atoms with van der Waals surface area (Å²) in [6.45, 7) is 5.98. The van der Waals surface area contributed by atoms with Gasteiger partial charge in [0, 0.05) is 39.3 Å². The van der Waals surface area contributed by atoms with E-state index in [0.717, 1.165) is 39.3 Å². The highest BCUT2D eigenvalue weighted by atomic mass is 35.5. The van der Waals surface area contributed by atoms with E-state index in [-0.39, 0.29) is 5.91 Å². The molecule has 1 atom stereocenters. The van der Waals surface area contributed by atoms with Crippen molar-refractivity contribution in [3.05, 3.63) is 28.2 Å². The van der Waals surface area contributed by atoms with Crippen LogP contribution in [0.2, 0.25) is 10.0 Å². The number of rotatable bonds is 5. The molecule has 24 heavy (non-hydrogen) atoms. The van der Waals surface area contributed by atoms with Gasteiger partial charge in [0.05, 0.1) is 28.4 Å². The van der Waals surface area contributed by atoms with Gasteiger partial charge in [-0.15, -0.1) is 0 Å². The SMILES string of the molecule is O=C(CN1CCN(CC2CCCO2)CC1)Nc1c(Cl)cccc1Cl. The zero-order valence-corrected chi connectivity index (χ0v) is 15.2. The number of ether oxygens (including phenoxy) is 1. The maximum Gasteiger partial charge on any atom is 0.238 e. The van der Waals surface area contributed by atoms with E-state index in [0.29, 0.717) is 28.4 Å². The van der Waals surface area contributed by atoms with E-state index in [9.17, 15) is 4.79 Å². The maximum absolute atomic E-state index is 12.2. The first-order valence-corrected chi connectivity index (χ1v) is 9.17. The van der Waals surface area contributed by atoms with Crippen LogP contribution in [0, 0.1) is 0 Å². The van der Waals surface area contributed by atoms with Crippen LogP contribution in [0.1, 0.15) is 12.8 Å². The molecule has 0 spiro atoms. The fourth-order valence-corrected chi connectivity index (χ4v) is 3.70. The lowest BCUT2D eigenvalue weighted by Gasteiger charge is -2.35. The number of hydrogen-bond donors (Lipinski definition) is 1. The second kappa shape index (κ2) is 8.50. The molecule has 0 aromatic heterocycles. The monoisotopic (exact) mass is 371 g/mol. The Morgan fingerprint density at radius 2 is 1.83 bits per heavy atom. The first kappa shape index (κ1) is 18.0. The minimum atomic E-state index is -0.0856. The molecule has 3 rings (SSSR count). The van der Waals surface area contributed by atoms with Crippen LogP contribution in [-0.4, -0.2) is 67.7 Å². The maximum atomic E-state index is 12.2. The van der Waals surface area contributed by atoms with Crippen molar-refractivity contribution >= 4 is 34.8 Å². The van der Waals surface area contributed by atoms with E-state index in [1.54, 1.807) is 18.2 Å².